The highest BCUT2D eigenvalue weighted by Crippen LogP contribution is 2.48. The molecule has 0 radical (unpaired) electrons. The number of carbonyl (C=O) groups is 1. The molecule has 0 saturated heterocycles. The Labute approximate surface area is 157 Å². The molecule has 1 heterocycles. The van der Waals surface area contributed by atoms with Crippen LogP contribution in [0.3, 0.4) is 0 Å². The minimum absolute atomic E-state index is 0.0485. The van der Waals surface area contributed by atoms with Gasteiger partial charge in [-0.15, -0.1) is 0 Å². The van der Waals surface area contributed by atoms with Gasteiger partial charge in [-0.25, -0.2) is 0 Å². The summed E-state index contributed by atoms with van der Waals surface area (Å²) in [7, 11) is 0. The van der Waals surface area contributed by atoms with E-state index >= 15 is 0 Å². The molecule has 3 rings (SSSR count). The summed E-state index contributed by atoms with van der Waals surface area (Å²) in [6, 6.07) is 4.27. The molecule has 1 amide bonds. The minimum atomic E-state index is -5.05. The third-order valence-corrected chi connectivity index (χ3v) is 5.06. The summed E-state index contributed by atoms with van der Waals surface area (Å²) in [6.45, 7) is -0.776. The standard InChI is InChI=1S/C16H15Cl2F3N2O3/c17-9-5-6-11(18)13(7-9)26-8-14(24)23-15(25,16(19,20)21)10-3-1-2-4-12(10)22-23/h5-7,10,25H,1-4,8H2/t10-,15+/m0/s1. The van der Waals surface area contributed by atoms with Crippen molar-refractivity contribution in [3.63, 3.8) is 0 Å². The van der Waals surface area contributed by atoms with E-state index in [2.05, 4.69) is 5.10 Å². The molecule has 0 bridgehead atoms. The Morgan fingerprint density at radius 1 is 1.38 bits per heavy atom. The Kier molecular flexibility index (Phi) is 5.11. The molecule has 142 valence electrons. The van der Waals surface area contributed by atoms with Gasteiger partial charge in [0.1, 0.15) is 5.75 Å². The summed E-state index contributed by atoms with van der Waals surface area (Å²) in [5.41, 5.74) is -3.17. The summed E-state index contributed by atoms with van der Waals surface area (Å²) in [4.78, 5) is 12.4. The first-order valence-corrected chi connectivity index (χ1v) is 8.67. The van der Waals surface area contributed by atoms with Crippen molar-refractivity contribution >= 4 is 34.8 Å². The molecule has 2 aliphatic rings. The lowest BCUT2D eigenvalue weighted by atomic mass is 9.80. The average molecular weight is 411 g/mol. The number of hydrazone groups is 1. The van der Waals surface area contributed by atoms with E-state index in [-0.39, 0.29) is 32.9 Å². The number of carbonyl (C=O) groups excluding carboxylic acids is 1. The SMILES string of the molecule is O=C(COc1cc(Cl)ccc1Cl)N1N=C2CCCC[C@@H]2[C@@]1(O)C(F)(F)F. The summed E-state index contributed by atoms with van der Waals surface area (Å²) in [5, 5.41) is 14.7. The number of hydrogen-bond donors (Lipinski definition) is 1. The highest BCUT2D eigenvalue weighted by molar-refractivity contribution is 6.34. The molecule has 1 aromatic rings. The van der Waals surface area contributed by atoms with E-state index in [4.69, 9.17) is 27.9 Å². The summed E-state index contributed by atoms with van der Waals surface area (Å²) < 4.78 is 46.0. The molecule has 1 aromatic carbocycles. The van der Waals surface area contributed by atoms with E-state index in [1.165, 1.54) is 18.2 Å². The van der Waals surface area contributed by atoms with Gasteiger partial charge in [-0.1, -0.05) is 29.6 Å². The fraction of sp³-hybridized carbons (Fsp3) is 0.500. The number of alkyl halides is 3. The number of fused-ring (bicyclic) bond motifs is 1. The Balaban J connectivity index is 1.82. The second kappa shape index (κ2) is 6.90. The van der Waals surface area contributed by atoms with Gasteiger partial charge in [0.05, 0.1) is 10.9 Å². The van der Waals surface area contributed by atoms with Crippen LogP contribution in [0.4, 0.5) is 13.2 Å². The largest absolute Gasteiger partial charge is 0.482 e. The van der Waals surface area contributed by atoms with Gasteiger partial charge in [-0.05, 0) is 31.4 Å². The lowest BCUT2D eigenvalue weighted by molar-refractivity contribution is -0.317. The van der Waals surface area contributed by atoms with Crippen molar-refractivity contribution < 1.29 is 27.8 Å². The number of rotatable bonds is 3. The normalized spacial score (nSPS) is 25.7. The number of ether oxygens (including phenoxy) is 1. The average Bonchev–Trinajstić information content (AvgIpc) is 2.90. The molecule has 0 unspecified atom stereocenters. The zero-order chi connectivity index (χ0) is 19.1. The third-order valence-electron chi connectivity index (χ3n) is 4.51. The van der Waals surface area contributed by atoms with Gasteiger partial charge in [-0.3, -0.25) is 4.79 Å². The lowest BCUT2D eigenvalue weighted by Gasteiger charge is -2.38. The van der Waals surface area contributed by atoms with Crippen LogP contribution in [0.15, 0.2) is 23.3 Å². The van der Waals surface area contributed by atoms with Crippen molar-refractivity contribution in [1.29, 1.82) is 0 Å². The Morgan fingerprint density at radius 2 is 2.12 bits per heavy atom. The van der Waals surface area contributed by atoms with Crippen LogP contribution in [0.5, 0.6) is 5.75 Å². The van der Waals surface area contributed by atoms with Crippen LogP contribution < -0.4 is 4.74 Å². The predicted octanol–water partition coefficient (Wildman–Crippen LogP) is 4.01. The maximum Gasteiger partial charge on any atom is 0.439 e. The fourth-order valence-corrected chi connectivity index (χ4v) is 3.59. The highest BCUT2D eigenvalue weighted by atomic mass is 35.5. The number of benzene rings is 1. The lowest BCUT2D eigenvalue weighted by Crippen LogP contribution is -2.62. The first-order chi connectivity index (χ1) is 12.1. The molecule has 0 aromatic heterocycles. The Hall–Kier alpha value is -1.51. The van der Waals surface area contributed by atoms with Crippen LogP contribution in [-0.2, 0) is 4.79 Å². The van der Waals surface area contributed by atoms with Crippen LogP contribution in [0.25, 0.3) is 0 Å². The molecule has 1 saturated carbocycles. The number of hydrogen-bond acceptors (Lipinski definition) is 4. The van der Waals surface area contributed by atoms with E-state index in [0.717, 1.165) is 0 Å². The van der Waals surface area contributed by atoms with Crippen molar-refractivity contribution in [2.24, 2.45) is 11.0 Å². The van der Waals surface area contributed by atoms with Crippen LogP contribution in [0.2, 0.25) is 10.0 Å². The summed E-state index contributed by atoms with van der Waals surface area (Å²) in [5.74, 6) is -2.33. The van der Waals surface area contributed by atoms with Crippen LogP contribution in [0, 0.1) is 5.92 Å². The molecule has 26 heavy (non-hydrogen) atoms. The first kappa shape index (κ1) is 19.3. The van der Waals surface area contributed by atoms with Crippen molar-refractivity contribution in [1.82, 2.24) is 5.01 Å². The zero-order valence-corrected chi connectivity index (χ0v) is 14.9. The minimum Gasteiger partial charge on any atom is -0.482 e. The number of nitrogens with zero attached hydrogens (tertiary/aromatic N) is 2. The van der Waals surface area contributed by atoms with Gasteiger partial charge < -0.3 is 9.84 Å². The maximum absolute atomic E-state index is 13.6. The molecule has 10 heteroatoms. The molecular formula is C16H15Cl2F3N2O3. The van der Waals surface area contributed by atoms with E-state index in [1.807, 2.05) is 0 Å². The van der Waals surface area contributed by atoms with Gasteiger partial charge in [0, 0.05) is 16.8 Å². The van der Waals surface area contributed by atoms with Crippen molar-refractivity contribution in [3.8, 4) is 5.75 Å². The molecule has 1 aliphatic carbocycles. The van der Waals surface area contributed by atoms with Gasteiger partial charge >= 0.3 is 6.18 Å². The molecule has 1 N–H and O–H groups in total. The molecule has 1 aliphatic heterocycles. The van der Waals surface area contributed by atoms with Crippen molar-refractivity contribution in [2.75, 3.05) is 6.61 Å². The number of aliphatic hydroxyl groups is 1. The fourth-order valence-electron chi connectivity index (χ4n) is 3.25. The number of halogens is 5. The second-order valence-corrected chi connectivity index (χ2v) is 7.03. The molecule has 1 fully saturated rings. The Bertz CT molecular complexity index is 757. The van der Waals surface area contributed by atoms with E-state index in [9.17, 15) is 23.1 Å². The predicted molar refractivity (Wildman–Crippen MR) is 89.2 cm³/mol. The first-order valence-electron chi connectivity index (χ1n) is 7.92. The highest BCUT2D eigenvalue weighted by Gasteiger charge is 2.68. The molecule has 0 spiro atoms. The maximum atomic E-state index is 13.6. The smallest absolute Gasteiger partial charge is 0.439 e. The number of amides is 1. The van der Waals surface area contributed by atoms with Crippen molar-refractivity contribution in [2.45, 2.75) is 37.6 Å². The molecule has 5 nitrogen and oxygen atoms in total. The van der Waals surface area contributed by atoms with Crippen LogP contribution >= 0.6 is 23.2 Å². The van der Waals surface area contributed by atoms with Crippen LogP contribution in [0.1, 0.15) is 25.7 Å². The van der Waals surface area contributed by atoms with Crippen molar-refractivity contribution in [3.05, 3.63) is 28.2 Å². The summed E-state index contributed by atoms with van der Waals surface area (Å²) >= 11 is 11.7. The van der Waals surface area contributed by atoms with E-state index < -0.39 is 30.3 Å². The van der Waals surface area contributed by atoms with Gasteiger partial charge in [0.15, 0.2) is 6.61 Å². The van der Waals surface area contributed by atoms with E-state index in [1.54, 1.807) is 0 Å². The van der Waals surface area contributed by atoms with Gasteiger partial charge in [0.2, 0.25) is 0 Å². The van der Waals surface area contributed by atoms with Crippen LogP contribution in [-0.4, -0.2) is 40.2 Å². The third kappa shape index (κ3) is 3.25. The van der Waals surface area contributed by atoms with E-state index in [0.29, 0.717) is 19.3 Å². The molecule has 2 atom stereocenters. The Morgan fingerprint density at radius 3 is 2.81 bits per heavy atom. The topological polar surface area (TPSA) is 62.1 Å². The molecular weight excluding hydrogens is 396 g/mol. The van der Waals surface area contributed by atoms with Gasteiger partial charge in [-0.2, -0.15) is 23.3 Å². The zero-order valence-electron chi connectivity index (χ0n) is 13.4. The second-order valence-electron chi connectivity index (χ2n) is 6.18. The monoisotopic (exact) mass is 410 g/mol. The summed E-state index contributed by atoms with van der Waals surface area (Å²) in [6.07, 6.45) is -3.43. The van der Waals surface area contributed by atoms with Gasteiger partial charge in [0.25, 0.3) is 11.6 Å². The quantitative estimate of drug-likeness (QED) is 0.818.